The highest BCUT2D eigenvalue weighted by atomic mass is 35.5. The number of carbonyl (C=O) groups is 1. The van der Waals surface area contributed by atoms with Gasteiger partial charge in [-0.2, -0.15) is 4.99 Å². The fourth-order valence-electron chi connectivity index (χ4n) is 2.19. The van der Waals surface area contributed by atoms with Crippen molar-refractivity contribution in [3.63, 3.8) is 0 Å². The standard InChI is InChI=1S/C15H13ClN2O2S2/c1-8-4-5-9(20-3)12-13(8)22-15(18(12)2)17-14(19)10-6-7-11(16)21-10/h4-7H,1-3H3. The molecule has 0 saturated heterocycles. The summed E-state index contributed by atoms with van der Waals surface area (Å²) >= 11 is 8.58. The number of nitrogens with zero attached hydrogens (tertiary/aromatic N) is 2. The van der Waals surface area contributed by atoms with Crippen molar-refractivity contribution in [1.82, 2.24) is 4.57 Å². The average Bonchev–Trinajstić information content (AvgIpc) is 3.06. The van der Waals surface area contributed by atoms with Crippen LogP contribution in [0, 0.1) is 6.92 Å². The first-order valence-electron chi connectivity index (χ1n) is 6.48. The SMILES string of the molecule is COc1ccc(C)c2sc(=NC(=O)c3ccc(Cl)s3)n(C)c12. The summed E-state index contributed by atoms with van der Waals surface area (Å²) in [4.78, 5) is 17.6. The Labute approximate surface area is 140 Å². The highest BCUT2D eigenvalue weighted by Crippen LogP contribution is 2.29. The predicted octanol–water partition coefficient (Wildman–Crippen LogP) is 4.01. The summed E-state index contributed by atoms with van der Waals surface area (Å²) in [5, 5.41) is 0. The number of fused-ring (bicyclic) bond motifs is 1. The van der Waals surface area contributed by atoms with E-state index in [0.29, 0.717) is 14.0 Å². The van der Waals surface area contributed by atoms with Gasteiger partial charge in [0.05, 0.1) is 21.0 Å². The van der Waals surface area contributed by atoms with Crippen LogP contribution in [-0.4, -0.2) is 17.6 Å². The third-order valence-electron chi connectivity index (χ3n) is 3.31. The first-order chi connectivity index (χ1) is 10.5. The van der Waals surface area contributed by atoms with Gasteiger partial charge in [-0.1, -0.05) is 29.0 Å². The zero-order valence-electron chi connectivity index (χ0n) is 12.2. The Kier molecular flexibility index (Phi) is 4.08. The summed E-state index contributed by atoms with van der Waals surface area (Å²) in [5.74, 6) is 0.489. The lowest BCUT2D eigenvalue weighted by atomic mass is 10.2. The number of aryl methyl sites for hydroxylation is 2. The molecule has 0 aliphatic heterocycles. The smallest absolute Gasteiger partial charge is 0.289 e. The summed E-state index contributed by atoms with van der Waals surface area (Å²) in [7, 11) is 3.52. The van der Waals surface area contributed by atoms with Crippen molar-refractivity contribution in [2.24, 2.45) is 12.0 Å². The number of ether oxygens (including phenoxy) is 1. The number of aromatic nitrogens is 1. The van der Waals surface area contributed by atoms with E-state index in [4.69, 9.17) is 16.3 Å². The van der Waals surface area contributed by atoms with Gasteiger partial charge in [0.2, 0.25) is 0 Å². The molecule has 0 bridgehead atoms. The molecule has 0 saturated carbocycles. The number of amides is 1. The van der Waals surface area contributed by atoms with Crippen molar-refractivity contribution >= 4 is 50.4 Å². The lowest BCUT2D eigenvalue weighted by Crippen LogP contribution is -2.13. The number of halogens is 1. The number of rotatable bonds is 2. The fraction of sp³-hybridized carbons (Fsp3) is 0.200. The fourth-order valence-corrected chi connectivity index (χ4v) is 4.22. The second-order valence-electron chi connectivity index (χ2n) is 4.73. The van der Waals surface area contributed by atoms with Gasteiger partial charge in [-0.05, 0) is 30.7 Å². The molecule has 3 rings (SSSR count). The molecule has 1 aromatic carbocycles. The van der Waals surface area contributed by atoms with Gasteiger partial charge < -0.3 is 9.30 Å². The van der Waals surface area contributed by atoms with E-state index < -0.39 is 0 Å². The van der Waals surface area contributed by atoms with E-state index in [0.717, 1.165) is 21.5 Å². The Bertz CT molecular complexity index is 937. The molecule has 0 spiro atoms. The monoisotopic (exact) mass is 352 g/mol. The van der Waals surface area contributed by atoms with Crippen LogP contribution >= 0.6 is 34.3 Å². The molecule has 7 heteroatoms. The van der Waals surface area contributed by atoms with Crippen LogP contribution in [0.1, 0.15) is 15.2 Å². The normalized spacial score (nSPS) is 12.1. The van der Waals surface area contributed by atoms with E-state index in [1.807, 2.05) is 30.7 Å². The summed E-state index contributed by atoms with van der Waals surface area (Å²) in [5.41, 5.74) is 2.08. The summed E-state index contributed by atoms with van der Waals surface area (Å²) in [6.07, 6.45) is 0. The molecule has 22 heavy (non-hydrogen) atoms. The van der Waals surface area contributed by atoms with E-state index in [9.17, 15) is 4.79 Å². The maximum atomic E-state index is 12.2. The average molecular weight is 353 g/mol. The highest BCUT2D eigenvalue weighted by Gasteiger charge is 2.13. The van der Waals surface area contributed by atoms with Gasteiger partial charge in [-0.15, -0.1) is 11.3 Å². The zero-order chi connectivity index (χ0) is 15.9. The second-order valence-corrected chi connectivity index (χ2v) is 7.42. The molecule has 4 nitrogen and oxygen atoms in total. The van der Waals surface area contributed by atoms with Gasteiger partial charge in [0.1, 0.15) is 11.3 Å². The summed E-state index contributed by atoms with van der Waals surface area (Å²) in [6, 6.07) is 7.32. The Hall–Kier alpha value is -1.63. The number of thiazole rings is 1. The third kappa shape index (κ3) is 2.58. The van der Waals surface area contributed by atoms with Crippen molar-refractivity contribution < 1.29 is 9.53 Å². The van der Waals surface area contributed by atoms with Crippen LogP contribution in [0.5, 0.6) is 5.75 Å². The van der Waals surface area contributed by atoms with Gasteiger partial charge in [0, 0.05) is 7.05 Å². The van der Waals surface area contributed by atoms with Gasteiger partial charge in [0.25, 0.3) is 5.91 Å². The van der Waals surface area contributed by atoms with E-state index in [2.05, 4.69) is 4.99 Å². The lowest BCUT2D eigenvalue weighted by molar-refractivity contribution is 0.100. The predicted molar refractivity (Wildman–Crippen MR) is 91.3 cm³/mol. The van der Waals surface area contributed by atoms with Crippen molar-refractivity contribution in [2.75, 3.05) is 7.11 Å². The quantitative estimate of drug-likeness (QED) is 0.699. The van der Waals surface area contributed by atoms with Crippen molar-refractivity contribution in [2.45, 2.75) is 6.92 Å². The summed E-state index contributed by atoms with van der Waals surface area (Å²) < 4.78 is 8.95. The van der Waals surface area contributed by atoms with E-state index in [-0.39, 0.29) is 5.91 Å². The molecule has 1 amide bonds. The van der Waals surface area contributed by atoms with Crippen molar-refractivity contribution in [3.8, 4) is 5.75 Å². The van der Waals surface area contributed by atoms with Crippen LogP contribution in [-0.2, 0) is 7.05 Å². The lowest BCUT2D eigenvalue weighted by Gasteiger charge is -2.05. The molecule has 114 valence electrons. The van der Waals surface area contributed by atoms with Gasteiger partial charge >= 0.3 is 0 Å². The number of thiophene rings is 1. The van der Waals surface area contributed by atoms with Crippen LogP contribution in [0.3, 0.4) is 0 Å². The molecule has 2 aromatic heterocycles. The third-order valence-corrected chi connectivity index (χ3v) is 5.79. The maximum absolute atomic E-state index is 12.2. The Morgan fingerprint density at radius 1 is 1.27 bits per heavy atom. The Morgan fingerprint density at radius 2 is 2.05 bits per heavy atom. The zero-order valence-corrected chi connectivity index (χ0v) is 14.6. The molecule has 0 radical (unpaired) electrons. The molecule has 0 N–H and O–H groups in total. The van der Waals surface area contributed by atoms with Crippen LogP contribution in [0.15, 0.2) is 29.3 Å². The minimum absolute atomic E-state index is 0.282. The topological polar surface area (TPSA) is 43.6 Å². The largest absolute Gasteiger partial charge is 0.495 e. The Balaban J connectivity index is 2.19. The van der Waals surface area contributed by atoms with E-state index in [1.54, 1.807) is 19.2 Å². The van der Waals surface area contributed by atoms with Crippen LogP contribution in [0.25, 0.3) is 10.2 Å². The molecule has 0 aliphatic carbocycles. The number of hydrogen-bond acceptors (Lipinski definition) is 4. The van der Waals surface area contributed by atoms with Crippen molar-refractivity contribution in [1.29, 1.82) is 0 Å². The minimum Gasteiger partial charge on any atom is -0.495 e. The maximum Gasteiger partial charge on any atom is 0.289 e. The number of methoxy groups -OCH3 is 1. The van der Waals surface area contributed by atoms with Gasteiger partial charge in [0.15, 0.2) is 4.80 Å². The first-order valence-corrected chi connectivity index (χ1v) is 8.50. The molecule has 0 fully saturated rings. The van der Waals surface area contributed by atoms with Crippen LogP contribution in [0.2, 0.25) is 4.34 Å². The second kappa shape index (κ2) is 5.87. The molecule has 0 atom stereocenters. The van der Waals surface area contributed by atoms with Crippen molar-refractivity contribution in [3.05, 3.63) is 43.8 Å². The number of hydrogen-bond donors (Lipinski definition) is 0. The van der Waals surface area contributed by atoms with Crippen LogP contribution in [0.4, 0.5) is 0 Å². The highest BCUT2D eigenvalue weighted by molar-refractivity contribution is 7.18. The molecular formula is C15H13ClN2O2S2. The van der Waals surface area contributed by atoms with Crippen LogP contribution < -0.4 is 9.54 Å². The number of benzene rings is 1. The first kappa shape index (κ1) is 15.3. The molecular weight excluding hydrogens is 340 g/mol. The molecule has 0 unspecified atom stereocenters. The van der Waals surface area contributed by atoms with E-state index in [1.165, 1.54) is 22.7 Å². The number of carbonyl (C=O) groups excluding carboxylic acids is 1. The van der Waals surface area contributed by atoms with Gasteiger partial charge in [-0.3, -0.25) is 4.79 Å². The minimum atomic E-state index is -0.282. The summed E-state index contributed by atoms with van der Waals surface area (Å²) in [6.45, 7) is 2.03. The Morgan fingerprint density at radius 3 is 2.68 bits per heavy atom. The van der Waals surface area contributed by atoms with Gasteiger partial charge in [-0.25, -0.2) is 0 Å². The molecule has 0 aliphatic rings. The molecule has 2 heterocycles. The van der Waals surface area contributed by atoms with E-state index >= 15 is 0 Å². The molecule has 3 aromatic rings.